The fraction of sp³-hybridized carbons (Fsp3) is 0.222. The van der Waals surface area contributed by atoms with Crippen LogP contribution in [0.4, 0.5) is 16.2 Å². The summed E-state index contributed by atoms with van der Waals surface area (Å²) in [4.78, 5) is 27.1. The SMILES string of the molecule is O=C(O)c1cccc(N2CCN(c3ccc4c(c3)OCCO4)C2=O)c1. The van der Waals surface area contributed by atoms with Crippen LogP contribution in [0.15, 0.2) is 42.5 Å². The summed E-state index contributed by atoms with van der Waals surface area (Å²) in [6.07, 6.45) is 0. The fourth-order valence-corrected chi connectivity index (χ4v) is 3.02. The largest absolute Gasteiger partial charge is 0.486 e. The van der Waals surface area contributed by atoms with Crippen LogP contribution in [-0.2, 0) is 0 Å². The van der Waals surface area contributed by atoms with Gasteiger partial charge < -0.3 is 14.6 Å². The molecule has 1 saturated heterocycles. The number of aromatic carboxylic acids is 1. The van der Waals surface area contributed by atoms with Gasteiger partial charge in [0.2, 0.25) is 0 Å². The minimum Gasteiger partial charge on any atom is -0.486 e. The summed E-state index contributed by atoms with van der Waals surface area (Å²) in [5.41, 5.74) is 1.46. The molecule has 0 aromatic heterocycles. The van der Waals surface area contributed by atoms with Crippen molar-refractivity contribution in [1.82, 2.24) is 0 Å². The molecule has 2 aliphatic heterocycles. The van der Waals surface area contributed by atoms with Crippen LogP contribution in [0.5, 0.6) is 11.5 Å². The lowest BCUT2D eigenvalue weighted by Crippen LogP contribution is -2.31. The third-order valence-electron chi connectivity index (χ3n) is 4.25. The molecule has 0 atom stereocenters. The smallest absolute Gasteiger partial charge is 0.335 e. The number of carbonyl (C=O) groups is 2. The molecule has 2 aromatic rings. The van der Waals surface area contributed by atoms with E-state index in [-0.39, 0.29) is 11.6 Å². The zero-order valence-electron chi connectivity index (χ0n) is 13.3. The second kappa shape index (κ2) is 6.01. The number of rotatable bonds is 3. The Hall–Kier alpha value is -3.22. The average molecular weight is 340 g/mol. The number of urea groups is 1. The minimum absolute atomic E-state index is 0.156. The van der Waals surface area contributed by atoms with Crippen LogP contribution < -0.4 is 19.3 Å². The van der Waals surface area contributed by atoms with Crippen molar-refractivity contribution in [2.75, 3.05) is 36.1 Å². The van der Waals surface area contributed by atoms with E-state index < -0.39 is 5.97 Å². The number of carboxylic acid groups (broad SMARTS) is 1. The lowest BCUT2D eigenvalue weighted by molar-refractivity contribution is 0.0697. The van der Waals surface area contributed by atoms with Gasteiger partial charge in [-0.25, -0.2) is 9.59 Å². The highest BCUT2D eigenvalue weighted by Crippen LogP contribution is 2.35. The van der Waals surface area contributed by atoms with Crippen molar-refractivity contribution in [2.24, 2.45) is 0 Å². The number of fused-ring (bicyclic) bond motifs is 1. The number of carboxylic acids is 1. The topological polar surface area (TPSA) is 79.3 Å². The first-order chi connectivity index (χ1) is 12.1. The van der Waals surface area contributed by atoms with Crippen LogP contribution in [0.2, 0.25) is 0 Å². The second-order valence-electron chi connectivity index (χ2n) is 5.77. The maximum atomic E-state index is 12.8. The minimum atomic E-state index is -1.02. The van der Waals surface area contributed by atoms with Gasteiger partial charge in [0.15, 0.2) is 11.5 Å². The van der Waals surface area contributed by atoms with Gasteiger partial charge in [0.05, 0.1) is 5.56 Å². The molecule has 1 N–H and O–H groups in total. The molecule has 2 heterocycles. The monoisotopic (exact) mass is 340 g/mol. The summed E-state index contributed by atoms with van der Waals surface area (Å²) >= 11 is 0. The first-order valence-electron chi connectivity index (χ1n) is 7.95. The summed E-state index contributed by atoms with van der Waals surface area (Å²) in [6.45, 7) is 1.99. The summed E-state index contributed by atoms with van der Waals surface area (Å²) in [7, 11) is 0. The third kappa shape index (κ3) is 2.73. The van der Waals surface area contributed by atoms with Crippen LogP contribution in [0, 0.1) is 0 Å². The number of ether oxygens (including phenoxy) is 2. The molecule has 25 heavy (non-hydrogen) atoms. The summed E-state index contributed by atoms with van der Waals surface area (Å²) in [5, 5.41) is 9.12. The van der Waals surface area contributed by atoms with Gasteiger partial charge in [0, 0.05) is 30.5 Å². The van der Waals surface area contributed by atoms with E-state index >= 15 is 0 Å². The number of hydrogen-bond donors (Lipinski definition) is 1. The highest BCUT2D eigenvalue weighted by Gasteiger charge is 2.31. The molecule has 7 heteroatoms. The predicted molar refractivity (Wildman–Crippen MR) is 90.9 cm³/mol. The molecule has 128 valence electrons. The summed E-state index contributed by atoms with van der Waals surface area (Å²) in [5.74, 6) is 0.285. The standard InChI is InChI=1S/C18H16N2O5/c21-17(22)12-2-1-3-13(10-12)19-6-7-20(18(19)23)14-4-5-15-16(11-14)25-9-8-24-15/h1-5,10-11H,6-9H2,(H,21,22). The van der Waals surface area contributed by atoms with Crippen molar-refractivity contribution in [3.63, 3.8) is 0 Å². The van der Waals surface area contributed by atoms with Gasteiger partial charge in [0.1, 0.15) is 13.2 Å². The molecular formula is C18H16N2O5. The molecule has 0 unspecified atom stereocenters. The van der Waals surface area contributed by atoms with Crippen molar-refractivity contribution < 1.29 is 24.2 Å². The van der Waals surface area contributed by atoms with Crippen molar-refractivity contribution in [3.8, 4) is 11.5 Å². The van der Waals surface area contributed by atoms with E-state index in [1.165, 1.54) is 12.1 Å². The van der Waals surface area contributed by atoms with Crippen LogP contribution in [0.25, 0.3) is 0 Å². The Morgan fingerprint density at radius 2 is 1.60 bits per heavy atom. The molecule has 4 rings (SSSR count). The maximum absolute atomic E-state index is 12.8. The lowest BCUT2D eigenvalue weighted by Gasteiger charge is -2.22. The number of hydrogen-bond acceptors (Lipinski definition) is 4. The fourth-order valence-electron chi connectivity index (χ4n) is 3.02. The zero-order chi connectivity index (χ0) is 17.4. The molecule has 0 saturated carbocycles. The summed E-state index contributed by atoms with van der Waals surface area (Å²) in [6, 6.07) is 11.6. The normalized spacial score (nSPS) is 16.2. The van der Waals surface area contributed by atoms with E-state index in [0.29, 0.717) is 43.5 Å². The highest BCUT2D eigenvalue weighted by molar-refractivity contribution is 6.06. The van der Waals surface area contributed by atoms with Gasteiger partial charge in [-0.1, -0.05) is 6.07 Å². The quantitative estimate of drug-likeness (QED) is 0.929. The molecule has 2 aromatic carbocycles. The van der Waals surface area contributed by atoms with E-state index in [0.717, 1.165) is 5.69 Å². The van der Waals surface area contributed by atoms with Crippen LogP contribution in [0.3, 0.4) is 0 Å². The highest BCUT2D eigenvalue weighted by atomic mass is 16.6. The maximum Gasteiger partial charge on any atom is 0.335 e. The Bertz CT molecular complexity index is 851. The van der Waals surface area contributed by atoms with Crippen molar-refractivity contribution in [2.45, 2.75) is 0 Å². The molecule has 0 spiro atoms. The van der Waals surface area contributed by atoms with Gasteiger partial charge in [0.25, 0.3) is 0 Å². The van der Waals surface area contributed by atoms with E-state index in [1.807, 2.05) is 6.07 Å². The molecule has 2 amide bonds. The Morgan fingerprint density at radius 1 is 0.920 bits per heavy atom. The number of benzene rings is 2. The molecular weight excluding hydrogens is 324 g/mol. The predicted octanol–water partition coefficient (Wildman–Crippen LogP) is 2.60. The van der Waals surface area contributed by atoms with Gasteiger partial charge in [-0.15, -0.1) is 0 Å². The first-order valence-corrected chi connectivity index (χ1v) is 7.95. The number of amides is 2. The van der Waals surface area contributed by atoms with Crippen molar-refractivity contribution in [1.29, 1.82) is 0 Å². The van der Waals surface area contributed by atoms with Crippen LogP contribution in [-0.4, -0.2) is 43.4 Å². The van der Waals surface area contributed by atoms with Gasteiger partial charge in [-0.2, -0.15) is 0 Å². The van der Waals surface area contributed by atoms with Gasteiger partial charge in [-0.3, -0.25) is 9.80 Å². The zero-order valence-corrected chi connectivity index (χ0v) is 13.3. The number of carbonyl (C=O) groups excluding carboxylic acids is 1. The van der Waals surface area contributed by atoms with E-state index in [9.17, 15) is 9.59 Å². The van der Waals surface area contributed by atoms with E-state index in [1.54, 1.807) is 34.1 Å². The average Bonchev–Trinajstić information content (AvgIpc) is 3.03. The molecule has 1 fully saturated rings. The van der Waals surface area contributed by atoms with E-state index in [2.05, 4.69) is 0 Å². The van der Waals surface area contributed by atoms with Gasteiger partial charge >= 0.3 is 12.0 Å². The Labute approximate surface area is 144 Å². The number of nitrogens with zero attached hydrogens (tertiary/aromatic N) is 2. The van der Waals surface area contributed by atoms with Crippen molar-refractivity contribution >= 4 is 23.4 Å². The molecule has 0 aliphatic carbocycles. The van der Waals surface area contributed by atoms with Crippen LogP contribution in [0.1, 0.15) is 10.4 Å². The Morgan fingerprint density at radius 3 is 2.32 bits per heavy atom. The Kier molecular flexibility index (Phi) is 3.68. The summed E-state index contributed by atoms with van der Waals surface area (Å²) < 4.78 is 11.1. The molecule has 7 nitrogen and oxygen atoms in total. The first kappa shape index (κ1) is 15.3. The molecule has 0 bridgehead atoms. The molecule has 2 aliphatic rings. The number of anilines is 2. The third-order valence-corrected chi connectivity index (χ3v) is 4.25. The Balaban J connectivity index is 1.59. The van der Waals surface area contributed by atoms with Gasteiger partial charge in [-0.05, 0) is 30.3 Å². The second-order valence-corrected chi connectivity index (χ2v) is 5.77. The van der Waals surface area contributed by atoms with Crippen molar-refractivity contribution in [3.05, 3.63) is 48.0 Å². The van der Waals surface area contributed by atoms with Crippen LogP contribution >= 0.6 is 0 Å². The lowest BCUT2D eigenvalue weighted by atomic mass is 10.2. The molecule has 0 radical (unpaired) electrons. The van der Waals surface area contributed by atoms with E-state index in [4.69, 9.17) is 14.6 Å².